The Labute approximate surface area is 105 Å². The normalized spacial score (nSPS) is 13.7. The first-order valence-corrected chi connectivity index (χ1v) is 6.36. The summed E-state index contributed by atoms with van der Waals surface area (Å²) in [4.78, 5) is 0. The Balaban J connectivity index is 3.20. The van der Waals surface area contributed by atoms with E-state index in [0.717, 1.165) is 13.0 Å². The second kappa shape index (κ2) is 12.0. The van der Waals surface area contributed by atoms with Crippen LogP contribution in [0.3, 0.4) is 0 Å². The van der Waals surface area contributed by atoms with E-state index >= 15 is 0 Å². The van der Waals surface area contributed by atoms with Gasteiger partial charge in [0.1, 0.15) is 0 Å². The fourth-order valence-electron chi connectivity index (χ4n) is 1.24. The van der Waals surface area contributed by atoms with Crippen LogP contribution in [0.15, 0.2) is 12.2 Å². The number of nitrogens with one attached hydrogen (secondary N) is 1. The van der Waals surface area contributed by atoms with Crippen molar-refractivity contribution in [2.45, 2.75) is 39.4 Å². The van der Waals surface area contributed by atoms with Crippen LogP contribution in [-0.4, -0.2) is 50.2 Å². The van der Waals surface area contributed by atoms with E-state index in [4.69, 9.17) is 9.47 Å². The van der Waals surface area contributed by atoms with Crippen LogP contribution in [0.2, 0.25) is 0 Å². The largest absolute Gasteiger partial charge is 0.389 e. The Hall–Kier alpha value is -0.420. The lowest BCUT2D eigenvalue weighted by Gasteiger charge is -2.12. The van der Waals surface area contributed by atoms with Gasteiger partial charge in [-0.2, -0.15) is 0 Å². The van der Waals surface area contributed by atoms with Crippen LogP contribution in [-0.2, 0) is 9.47 Å². The summed E-state index contributed by atoms with van der Waals surface area (Å²) >= 11 is 0. The predicted molar refractivity (Wildman–Crippen MR) is 70.2 cm³/mol. The zero-order chi connectivity index (χ0) is 12.9. The maximum Gasteiger partial charge on any atom is 0.0897 e. The van der Waals surface area contributed by atoms with Crippen molar-refractivity contribution < 1.29 is 14.6 Å². The molecule has 4 nitrogen and oxygen atoms in total. The molecule has 0 fully saturated rings. The maximum atomic E-state index is 9.57. The second-order valence-corrected chi connectivity index (χ2v) is 4.21. The Kier molecular flexibility index (Phi) is 11.8. The van der Waals surface area contributed by atoms with Gasteiger partial charge < -0.3 is 19.9 Å². The molecule has 0 saturated carbocycles. The lowest BCUT2D eigenvalue weighted by Crippen LogP contribution is -2.31. The molecule has 0 aliphatic heterocycles. The molecule has 0 radical (unpaired) electrons. The van der Waals surface area contributed by atoms with Gasteiger partial charge in [-0.25, -0.2) is 0 Å². The molecule has 0 aromatic carbocycles. The first kappa shape index (κ1) is 16.6. The van der Waals surface area contributed by atoms with Crippen molar-refractivity contribution in [1.29, 1.82) is 0 Å². The van der Waals surface area contributed by atoms with Crippen molar-refractivity contribution in [2.75, 3.05) is 32.9 Å². The molecule has 0 aliphatic carbocycles. The van der Waals surface area contributed by atoms with E-state index in [1.807, 2.05) is 26.8 Å². The third-order valence-electron chi connectivity index (χ3n) is 2.09. The van der Waals surface area contributed by atoms with Gasteiger partial charge in [-0.1, -0.05) is 12.2 Å². The molecular formula is C13H27NO3. The third-order valence-corrected chi connectivity index (χ3v) is 2.09. The van der Waals surface area contributed by atoms with Crippen LogP contribution in [0.25, 0.3) is 0 Å². The van der Waals surface area contributed by atoms with Crippen LogP contribution in [0, 0.1) is 0 Å². The molecule has 0 heterocycles. The summed E-state index contributed by atoms with van der Waals surface area (Å²) in [5.41, 5.74) is 0. The maximum absolute atomic E-state index is 9.57. The predicted octanol–water partition coefficient (Wildman–Crippen LogP) is 1.34. The summed E-state index contributed by atoms with van der Waals surface area (Å²) in [6, 6.07) is 0. The van der Waals surface area contributed by atoms with E-state index in [1.165, 1.54) is 0 Å². The molecule has 1 atom stereocenters. The van der Waals surface area contributed by atoms with Crippen LogP contribution >= 0.6 is 0 Å². The summed E-state index contributed by atoms with van der Waals surface area (Å²) in [5.74, 6) is 0. The van der Waals surface area contributed by atoms with Gasteiger partial charge in [0.05, 0.1) is 32.0 Å². The average Bonchev–Trinajstić information content (AvgIpc) is 2.28. The molecule has 0 rings (SSSR count). The number of aliphatic hydroxyl groups excluding tert-OH is 1. The topological polar surface area (TPSA) is 50.7 Å². The van der Waals surface area contributed by atoms with Gasteiger partial charge in [-0.3, -0.25) is 0 Å². The average molecular weight is 245 g/mol. The van der Waals surface area contributed by atoms with E-state index in [9.17, 15) is 5.11 Å². The third kappa shape index (κ3) is 13.5. The molecule has 1 unspecified atom stereocenters. The van der Waals surface area contributed by atoms with E-state index in [0.29, 0.717) is 26.4 Å². The molecule has 102 valence electrons. The number of hydrogen-bond acceptors (Lipinski definition) is 4. The molecule has 0 bridgehead atoms. The van der Waals surface area contributed by atoms with Crippen LogP contribution in [0.5, 0.6) is 0 Å². The van der Waals surface area contributed by atoms with Crippen molar-refractivity contribution in [3.8, 4) is 0 Å². The minimum absolute atomic E-state index is 0.233. The number of aliphatic hydroxyl groups is 1. The van der Waals surface area contributed by atoms with Crippen LogP contribution < -0.4 is 5.32 Å². The standard InChI is InChI=1S/C13H27NO3/c1-4-5-6-7-14-10-13(15)11-16-8-9-17-12(2)3/h4-5,12-15H,6-11H2,1-3H3/b5-4+. The van der Waals surface area contributed by atoms with Gasteiger partial charge in [0.15, 0.2) is 0 Å². The Bertz CT molecular complexity index is 184. The van der Waals surface area contributed by atoms with Gasteiger partial charge in [-0.15, -0.1) is 0 Å². The number of hydrogen-bond donors (Lipinski definition) is 2. The van der Waals surface area contributed by atoms with Crippen molar-refractivity contribution in [2.24, 2.45) is 0 Å². The summed E-state index contributed by atoms with van der Waals surface area (Å²) in [7, 11) is 0. The van der Waals surface area contributed by atoms with Gasteiger partial charge in [0.25, 0.3) is 0 Å². The lowest BCUT2D eigenvalue weighted by atomic mass is 10.3. The molecule has 17 heavy (non-hydrogen) atoms. The second-order valence-electron chi connectivity index (χ2n) is 4.21. The number of ether oxygens (including phenoxy) is 2. The molecule has 0 spiro atoms. The SMILES string of the molecule is C/C=C/CCNCC(O)COCCOC(C)C. The molecule has 0 aromatic heterocycles. The highest BCUT2D eigenvalue weighted by Crippen LogP contribution is 1.89. The first-order valence-electron chi connectivity index (χ1n) is 6.36. The fourth-order valence-corrected chi connectivity index (χ4v) is 1.24. The molecule has 0 saturated heterocycles. The summed E-state index contributed by atoms with van der Waals surface area (Å²) in [6.07, 6.45) is 4.90. The minimum atomic E-state index is -0.445. The lowest BCUT2D eigenvalue weighted by molar-refractivity contribution is -0.00988. The molecular weight excluding hydrogens is 218 g/mol. The smallest absolute Gasteiger partial charge is 0.0897 e. The Morgan fingerprint density at radius 2 is 2.06 bits per heavy atom. The van der Waals surface area contributed by atoms with E-state index in [1.54, 1.807) is 0 Å². The van der Waals surface area contributed by atoms with E-state index in [2.05, 4.69) is 11.4 Å². The number of rotatable bonds is 11. The summed E-state index contributed by atoms with van der Waals surface area (Å²) < 4.78 is 10.6. The van der Waals surface area contributed by atoms with Crippen LogP contribution in [0.1, 0.15) is 27.2 Å². The summed E-state index contributed by atoms with van der Waals surface area (Å²) in [6.45, 7) is 8.92. The quantitative estimate of drug-likeness (QED) is 0.426. The zero-order valence-electron chi connectivity index (χ0n) is 11.3. The highest BCUT2D eigenvalue weighted by molar-refractivity contribution is 4.77. The van der Waals surface area contributed by atoms with Gasteiger partial charge in [-0.05, 0) is 33.7 Å². The van der Waals surface area contributed by atoms with Crippen molar-refractivity contribution >= 4 is 0 Å². The molecule has 4 heteroatoms. The van der Waals surface area contributed by atoms with E-state index in [-0.39, 0.29) is 6.10 Å². The molecule has 0 amide bonds. The number of allylic oxidation sites excluding steroid dienone is 1. The van der Waals surface area contributed by atoms with Crippen molar-refractivity contribution in [3.63, 3.8) is 0 Å². The van der Waals surface area contributed by atoms with E-state index < -0.39 is 6.10 Å². The molecule has 0 aromatic rings. The molecule has 0 aliphatic rings. The Morgan fingerprint density at radius 3 is 2.71 bits per heavy atom. The minimum Gasteiger partial charge on any atom is -0.389 e. The first-order chi connectivity index (χ1) is 8.16. The highest BCUT2D eigenvalue weighted by atomic mass is 16.5. The summed E-state index contributed by atoms with van der Waals surface area (Å²) in [5, 5.41) is 12.7. The highest BCUT2D eigenvalue weighted by Gasteiger charge is 2.03. The molecule has 2 N–H and O–H groups in total. The monoisotopic (exact) mass is 245 g/mol. The van der Waals surface area contributed by atoms with Crippen LogP contribution in [0.4, 0.5) is 0 Å². The zero-order valence-corrected chi connectivity index (χ0v) is 11.3. The van der Waals surface area contributed by atoms with Gasteiger partial charge in [0.2, 0.25) is 0 Å². The van der Waals surface area contributed by atoms with Crippen molar-refractivity contribution in [1.82, 2.24) is 5.32 Å². The van der Waals surface area contributed by atoms with Gasteiger partial charge >= 0.3 is 0 Å². The Morgan fingerprint density at radius 1 is 1.29 bits per heavy atom. The van der Waals surface area contributed by atoms with Gasteiger partial charge in [0, 0.05) is 6.54 Å². The van der Waals surface area contributed by atoms with Crippen molar-refractivity contribution in [3.05, 3.63) is 12.2 Å². The fraction of sp³-hybridized carbons (Fsp3) is 0.846.